The molecule has 0 heterocycles. The highest BCUT2D eigenvalue weighted by Gasteiger charge is 2.57. The Hall–Kier alpha value is -0.250. The molecule has 11 heavy (non-hydrogen) atoms. The molecular weight excluding hydrogens is 157 g/mol. The van der Waals surface area contributed by atoms with Crippen molar-refractivity contribution in [1.29, 1.82) is 0 Å². The van der Waals surface area contributed by atoms with E-state index in [1.54, 1.807) is 0 Å². The number of halogens is 3. The van der Waals surface area contributed by atoms with Gasteiger partial charge in [-0.2, -0.15) is 0 Å². The van der Waals surface area contributed by atoms with E-state index < -0.39 is 17.7 Å². The van der Waals surface area contributed by atoms with Crippen molar-refractivity contribution < 1.29 is 18.3 Å². The Labute approximate surface area is 63.2 Å². The summed E-state index contributed by atoms with van der Waals surface area (Å²) in [5.74, 6) is -3.58. The highest BCUT2D eigenvalue weighted by Crippen LogP contribution is 2.42. The Morgan fingerprint density at radius 1 is 1.45 bits per heavy atom. The van der Waals surface area contributed by atoms with Gasteiger partial charge in [0.25, 0.3) is 0 Å². The van der Waals surface area contributed by atoms with Crippen LogP contribution in [0.2, 0.25) is 0 Å². The van der Waals surface area contributed by atoms with Crippen molar-refractivity contribution in [2.45, 2.75) is 43.9 Å². The summed E-state index contributed by atoms with van der Waals surface area (Å²) in [4.78, 5) is 0. The average molecular weight is 168 g/mol. The van der Waals surface area contributed by atoms with Crippen LogP contribution in [0.15, 0.2) is 0 Å². The predicted molar refractivity (Wildman–Crippen MR) is 34.3 cm³/mol. The van der Waals surface area contributed by atoms with Crippen molar-refractivity contribution >= 4 is 0 Å². The molecule has 1 rings (SSSR count). The summed E-state index contributed by atoms with van der Waals surface area (Å²) in [6, 6.07) is 0. The fourth-order valence-corrected chi connectivity index (χ4v) is 1.31. The van der Waals surface area contributed by atoms with E-state index in [2.05, 4.69) is 0 Å². The SMILES string of the molecule is CC1(O)CCCC(F)C1(F)F. The maximum Gasteiger partial charge on any atom is 0.306 e. The quantitative estimate of drug-likeness (QED) is 0.585. The lowest BCUT2D eigenvalue weighted by Crippen LogP contribution is -2.54. The molecule has 0 aliphatic heterocycles. The van der Waals surface area contributed by atoms with Gasteiger partial charge in [-0.1, -0.05) is 0 Å². The summed E-state index contributed by atoms with van der Waals surface area (Å²) < 4.78 is 38.0. The van der Waals surface area contributed by atoms with Gasteiger partial charge in [0, 0.05) is 0 Å². The first-order valence-corrected chi connectivity index (χ1v) is 3.62. The molecule has 0 aromatic carbocycles. The zero-order chi connectivity index (χ0) is 8.70. The molecule has 1 aliphatic carbocycles. The van der Waals surface area contributed by atoms with Gasteiger partial charge in [-0.15, -0.1) is 0 Å². The molecule has 1 saturated carbocycles. The Morgan fingerprint density at radius 3 is 2.36 bits per heavy atom. The fraction of sp³-hybridized carbons (Fsp3) is 1.00. The van der Waals surface area contributed by atoms with Gasteiger partial charge in [0.1, 0.15) is 5.60 Å². The van der Waals surface area contributed by atoms with Crippen LogP contribution in [0.25, 0.3) is 0 Å². The smallest absolute Gasteiger partial charge is 0.306 e. The molecule has 66 valence electrons. The van der Waals surface area contributed by atoms with Crippen LogP contribution in [0.5, 0.6) is 0 Å². The topological polar surface area (TPSA) is 20.2 Å². The van der Waals surface area contributed by atoms with Crippen LogP contribution in [-0.4, -0.2) is 22.8 Å². The molecule has 2 atom stereocenters. The normalized spacial score (nSPS) is 43.9. The third-order valence-corrected chi connectivity index (χ3v) is 2.23. The minimum atomic E-state index is -3.58. The molecule has 0 radical (unpaired) electrons. The van der Waals surface area contributed by atoms with Crippen LogP contribution in [-0.2, 0) is 0 Å². The second kappa shape index (κ2) is 2.37. The molecule has 1 aliphatic rings. The Balaban J connectivity index is 2.82. The molecule has 0 spiro atoms. The zero-order valence-electron chi connectivity index (χ0n) is 6.28. The van der Waals surface area contributed by atoms with Crippen LogP contribution < -0.4 is 0 Å². The van der Waals surface area contributed by atoms with Crippen LogP contribution >= 0.6 is 0 Å². The van der Waals surface area contributed by atoms with Gasteiger partial charge < -0.3 is 5.11 Å². The standard InChI is InChI=1S/C7H11F3O/c1-6(11)4-2-3-5(8)7(6,9)10/h5,11H,2-4H2,1H3. The van der Waals surface area contributed by atoms with Crippen LogP contribution in [0.3, 0.4) is 0 Å². The van der Waals surface area contributed by atoms with E-state index in [4.69, 9.17) is 5.11 Å². The molecule has 4 heteroatoms. The number of hydrogen-bond acceptors (Lipinski definition) is 1. The van der Waals surface area contributed by atoms with Crippen molar-refractivity contribution in [2.75, 3.05) is 0 Å². The zero-order valence-corrected chi connectivity index (χ0v) is 6.28. The Bertz CT molecular complexity index is 156. The van der Waals surface area contributed by atoms with Gasteiger partial charge in [0.05, 0.1) is 0 Å². The molecule has 0 saturated heterocycles. The number of hydrogen-bond donors (Lipinski definition) is 1. The molecule has 0 amide bonds. The fourth-order valence-electron chi connectivity index (χ4n) is 1.31. The van der Waals surface area contributed by atoms with E-state index in [9.17, 15) is 13.2 Å². The summed E-state index contributed by atoms with van der Waals surface area (Å²) in [7, 11) is 0. The number of rotatable bonds is 0. The third kappa shape index (κ3) is 1.24. The molecular formula is C7H11F3O. The van der Waals surface area contributed by atoms with Gasteiger partial charge in [-0.25, -0.2) is 13.2 Å². The van der Waals surface area contributed by atoms with E-state index in [0.717, 1.165) is 6.92 Å². The Kier molecular flexibility index (Phi) is 1.90. The second-order valence-electron chi connectivity index (χ2n) is 3.26. The Morgan fingerprint density at radius 2 is 2.00 bits per heavy atom. The molecule has 0 aromatic rings. The van der Waals surface area contributed by atoms with Crippen LogP contribution in [0.1, 0.15) is 26.2 Å². The summed E-state index contributed by atoms with van der Waals surface area (Å²) in [5.41, 5.74) is -2.16. The van der Waals surface area contributed by atoms with Gasteiger partial charge in [0.2, 0.25) is 0 Å². The highest BCUT2D eigenvalue weighted by molar-refractivity contribution is 4.98. The summed E-state index contributed by atoms with van der Waals surface area (Å²) in [5, 5.41) is 9.08. The van der Waals surface area contributed by atoms with Crippen molar-refractivity contribution in [3.8, 4) is 0 Å². The second-order valence-corrected chi connectivity index (χ2v) is 3.26. The lowest BCUT2D eigenvalue weighted by molar-refractivity contribution is -0.225. The van der Waals surface area contributed by atoms with E-state index in [1.807, 2.05) is 0 Å². The third-order valence-electron chi connectivity index (χ3n) is 2.23. The molecule has 1 N–H and O–H groups in total. The lowest BCUT2D eigenvalue weighted by Gasteiger charge is -2.38. The average Bonchev–Trinajstić information content (AvgIpc) is 1.84. The maximum atomic E-state index is 12.8. The van der Waals surface area contributed by atoms with Crippen LogP contribution in [0, 0.1) is 0 Å². The monoisotopic (exact) mass is 168 g/mol. The highest BCUT2D eigenvalue weighted by atomic mass is 19.3. The molecule has 0 aromatic heterocycles. The van der Waals surface area contributed by atoms with E-state index in [1.165, 1.54) is 0 Å². The number of aliphatic hydroxyl groups is 1. The van der Waals surface area contributed by atoms with Gasteiger partial charge in [-0.3, -0.25) is 0 Å². The lowest BCUT2D eigenvalue weighted by atomic mass is 9.82. The van der Waals surface area contributed by atoms with Gasteiger partial charge in [0.15, 0.2) is 6.17 Å². The first kappa shape index (κ1) is 8.84. The predicted octanol–water partition coefficient (Wildman–Crippen LogP) is 1.89. The first-order valence-electron chi connectivity index (χ1n) is 3.62. The minimum absolute atomic E-state index is 0.0274. The van der Waals surface area contributed by atoms with Crippen molar-refractivity contribution in [3.63, 3.8) is 0 Å². The first-order chi connectivity index (χ1) is 4.88. The largest absolute Gasteiger partial charge is 0.384 e. The van der Waals surface area contributed by atoms with Gasteiger partial charge >= 0.3 is 5.92 Å². The minimum Gasteiger partial charge on any atom is -0.384 e. The van der Waals surface area contributed by atoms with Gasteiger partial charge in [-0.05, 0) is 26.2 Å². The van der Waals surface area contributed by atoms with E-state index >= 15 is 0 Å². The molecule has 2 unspecified atom stereocenters. The summed E-state index contributed by atoms with van der Waals surface area (Å²) >= 11 is 0. The van der Waals surface area contributed by atoms with E-state index in [0.29, 0.717) is 6.42 Å². The maximum absolute atomic E-state index is 12.8. The van der Waals surface area contributed by atoms with E-state index in [-0.39, 0.29) is 12.8 Å². The van der Waals surface area contributed by atoms with Crippen molar-refractivity contribution in [2.24, 2.45) is 0 Å². The van der Waals surface area contributed by atoms with Crippen molar-refractivity contribution in [3.05, 3.63) is 0 Å². The number of alkyl halides is 3. The van der Waals surface area contributed by atoms with Crippen molar-refractivity contribution in [1.82, 2.24) is 0 Å². The molecule has 1 fully saturated rings. The summed E-state index contributed by atoms with van der Waals surface area (Å²) in [6.07, 6.45) is -2.04. The molecule has 0 bridgehead atoms. The summed E-state index contributed by atoms with van der Waals surface area (Å²) in [6.45, 7) is 0.985. The van der Waals surface area contributed by atoms with Crippen LogP contribution in [0.4, 0.5) is 13.2 Å². The molecule has 1 nitrogen and oxygen atoms in total.